The highest BCUT2D eigenvalue weighted by Crippen LogP contribution is 2.29. The number of nitriles is 1. The van der Waals surface area contributed by atoms with Crippen molar-refractivity contribution in [3.8, 4) is 17.4 Å². The molecule has 0 spiro atoms. The zero-order valence-electron chi connectivity index (χ0n) is 14.3. The van der Waals surface area contributed by atoms with Crippen LogP contribution in [0.5, 0.6) is 0 Å². The lowest BCUT2D eigenvalue weighted by Gasteiger charge is -2.04. The molecule has 0 aliphatic carbocycles. The number of anilines is 1. The first-order valence-corrected chi connectivity index (χ1v) is 8.76. The van der Waals surface area contributed by atoms with E-state index in [0.29, 0.717) is 32.8 Å². The summed E-state index contributed by atoms with van der Waals surface area (Å²) in [5.74, 6) is 0.394. The Morgan fingerprint density at radius 1 is 1.11 bits per heavy atom. The van der Waals surface area contributed by atoms with Crippen LogP contribution in [0.2, 0.25) is 10.0 Å². The van der Waals surface area contributed by atoms with E-state index < -0.39 is 5.91 Å². The fourth-order valence-corrected chi connectivity index (χ4v) is 3.02. The highest BCUT2D eigenvalue weighted by molar-refractivity contribution is 6.35. The lowest BCUT2D eigenvalue weighted by atomic mass is 10.2. The zero-order chi connectivity index (χ0) is 19.4. The number of carbonyl (C=O) groups excluding carboxylic acids is 1. The van der Waals surface area contributed by atoms with E-state index in [0.717, 1.165) is 5.56 Å². The minimum absolute atomic E-state index is 0.0680. The number of carbonyl (C=O) groups is 1. The Kier molecular flexibility index (Phi) is 5.66. The fourth-order valence-electron chi connectivity index (χ4n) is 2.49. The first kappa shape index (κ1) is 18.8. The van der Waals surface area contributed by atoms with Gasteiger partial charge in [-0.3, -0.25) is 4.79 Å². The second-order valence-electron chi connectivity index (χ2n) is 5.85. The molecule has 0 bridgehead atoms. The van der Waals surface area contributed by atoms with E-state index in [1.807, 2.05) is 31.2 Å². The molecule has 0 atom stereocenters. The van der Waals surface area contributed by atoms with Gasteiger partial charge in [-0.2, -0.15) is 5.26 Å². The average Bonchev–Trinajstić information content (AvgIpc) is 3.07. The van der Waals surface area contributed by atoms with Crippen LogP contribution in [-0.4, -0.2) is 5.91 Å². The third-order valence-corrected chi connectivity index (χ3v) is 4.14. The topological polar surface area (TPSA) is 66.0 Å². The van der Waals surface area contributed by atoms with Gasteiger partial charge in [-0.25, -0.2) is 0 Å². The maximum absolute atomic E-state index is 12.3. The molecule has 0 radical (unpaired) electrons. The van der Waals surface area contributed by atoms with Crippen molar-refractivity contribution in [3.05, 3.63) is 81.5 Å². The van der Waals surface area contributed by atoms with Crippen molar-refractivity contribution in [1.29, 1.82) is 5.26 Å². The number of hydrogen-bond donors (Lipinski definition) is 1. The SMILES string of the molecule is Cc1cccc(NC(=O)C(C#N)=Cc2ccc(-c3cc(Cl)cc(Cl)c3)o2)c1. The molecular formula is C21H14Cl2N2O2. The number of hydrogen-bond acceptors (Lipinski definition) is 3. The van der Waals surface area contributed by atoms with Gasteiger partial charge in [0.15, 0.2) is 0 Å². The predicted octanol–water partition coefficient (Wildman–Crippen LogP) is 6.11. The van der Waals surface area contributed by atoms with Crippen LogP contribution in [0, 0.1) is 18.3 Å². The molecule has 6 heteroatoms. The van der Waals surface area contributed by atoms with E-state index in [1.165, 1.54) is 6.08 Å². The van der Waals surface area contributed by atoms with Crippen molar-refractivity contribution in [2.24, 2.45) is 0 Å². The second-order valence-corrected chi connectivity index (χ2v) is 6.73. The maximum Gasteiger partial charge on any atom is 0.266 e. The van der Waals surface area contributed by atoms with E-state index in [-0.39, 0.29) is 5.57 Å². The van der Waals surface area contributed by atoms with Crippen LogP contribution in [0.1, 0.15) is 11.3 Å². The molecule has 3 rings (SSSR count). The Hall–Kier alpha value is -3.00. The van der Waals surface area contributed by atoms with Crippen LogP contribution >= 0.6 is 23.2 Å². The molecule has 2 aromatic carbocycles. The zero-order valence-corrected chi connectivity index (χ0v) is 15.8. The van der Waals surface area contributed by atoms with Crippen LogP contribution in [-0.2, 0) is 4.79 Å². The molecule has 1 amide bonds. The van der Waals surface area contributed by atoms with Crippen LogP contribution in [0.3, 0.4) is 0 Å². The predicted molar refractivity (Wildman–Crippen MR) is 108 cm³/mol. The maximum atomic E-state index is 12.3. The second kappa shape index (κ2) is 8.13. The Morgan fingerprint density at radius 2 is 1.85 bits per heavy atom. The molecule has 4 nitrogen and oxygen atoms in total. The summed E-state index contributed by atoms with van der Waals surface area (Å²) in [5, 5.41) is 13.0. The molecule has 134 valence electrons. The van der Waals surface area contributed by atoms with E-state index in [4.69, 9.17) is 27.6 Å². The molecule has 1 N–H and O–H groups in total. The van der Waals surface area contributed by atoms with E-state index >= 15 is 0 Å². The molecule has 1 aromatic heterocycles. The summed E-state index contributed by atoms with van der Waals surface area (Å²) >= 11 is 12.0. The van der Waals surface area contributed by atoms with Crippen molar-refractivity contribution < 1.29 is 9.21 Å². The van der Waals surface area contributed by atoms with Gasteiger partial charge in [0.2, 0.25) is 0 Å². The van der Waals surface area contributed by atoms with E-state index in [1.54, 1.807) is 36.4 Å². The molecule has 3 aromatic rings. The third-order valence-electron chi connectivity index (χ3n) is 3.70. The molecule has 1 heterocycles. The highest BCUT2D eigenvalue weighted by Gasteiger charge is 2.12. The molecule has 0 aliphatic heterocycles. The minimum Gasteiger partial charge on any atom is -0.457 e. The smallest absolute Gasteiger partial charge is 0.266 e. The summed E-state index contributed by atoms with van der Waals surface area (Å²) in [4.78, 5) is 12.3. The Morgan fingerprint density at radius 3 is 2.52 bits per heavy atom. The quantitative estimate of drug-likeness (QED) is 0.427. The number of nitrogens with one attached hydrogen (secondary N) is 1. The van der Waals surface area contributed by atoms with Gasteiger partial charge in [-0.15, -0.1) is 0 Å². The highest BCUT2D eigenvalue weighted by atomic mass is 35.5. The van der Waals surface area contributed by atoms with Crippen molar-refractivity contribution in [1.82, 2.24) is 0 Å². The number of halogens is 2. The van der Waals surface area contributed by atoms with Crippen molar-refractivity contribution >= 4 is 40.9 Å². The first-order valence-electron chi connectivity index (χ1n) is 8.01. The summed E-state index contributed by atoms with van der Waals surface area (Å²) in [7, 11) is 0. The number of rotatable bonds is 4. The molecule has 0 saturated heterocycles. The lowest BCUT2D eigenvalue weighted by Crippen LogP contribution is -2.13. The van der Waals surface area contributed by atoms with E-state index in [2.05, 4.69) is 5.32 Å². The molecule has 27 heavy (non-hydrogen) atoms. The van der Waals surface area contributed by atoms with Crippen LogP contribution in [0.15, 0.2) is 64.6 Å². The molecular weight excluding hydrogens is 383 g/mol. The number of furan rings is 1. The van der Waals surface area contributed by atoms with Crippen molar-refractivity contribution in [3.63, 3.8) is 0 Å². The summed E-state index contributed by atoms with van der Waals surface area (Å²) in [6, 6.07) is 17.7. The van der Waals surface area contributed by atoms with Gasteiger partial charge in [-0.1, -0.05) is 35.3 Å². The standard InChI is InChI=1S/C21H14Cl2N2O2/c1-13-3-2-4-18(7-13)25-21(26)15(12-24)10-19-5-6-20(27-19)14-8-16(22)11-17(23)9-14/h2-11H,1H3,(H,25,26). The lowest BCUT2D eigenvalue weighted by molar-refractivity contribution is -0.112. The normalized spacial score (nSPS) is 11.1. The van der Waals surface area contributed by atoms with Crippen LogP contribution in [0.25, 0.3) is 17.4 Å². The summed E-state index contributed by atoms with van der Waals surface area (Å²) in [6.07, 6.45) is 1.39. The molecule has 0 saturated carbocycles. The Bertz CT molecular complexity index is 1060. The van der Waals surface area contributed by atoms with Gasteiger partial charge in [0.1, 0.15) is 23.2 Å². The first-order chi connectivity index (χ1) is 12.9. The van der Waals surface area contributed by atoms with E-state index in [9.17, 15) is 10.1 Å². The van der Waals surface area contributed by atoms with Gasteiger partial charge in [0.05, 0.1) is 0 Å². The van der Waals surface area contributed by atoms with Crippen molar-refractivity contribution in [2.45, 2.75) is 6.92 Å². The molecule has 0 fully saturated rings. The van der Waals surface area contributed by atoms with Crippen LogP contribution in [0.4, 0.5) is 5.69 Å². The molecule has 0 aliphatic rings. The number of aryl methyl sites for hydroxylation is 1. The average molecular weight is 397 g/mol. The van der Waals surface area contributed by atoms with Gasteiger partial charge < -0.3 is 9.73 Å². The largest absolute Gasteiger partial charge is 0.457 e. The number of amides is 1. The van der Waals surface area contributed by atoms with Gasteiger partial charge in [-0.05, 0) is 55.0 Å². The number of benzene rings is 2. The minimum atomic E-state index is -0.508. The summed E-state index contributed by atoms with van der Waals surface area (Å²) < 4.78 is 5.71. The number of nitrogens with zero attached hydrogens (tertiary/aromatic N) is 1. The van der Waals surface area contributed by atoms with Gasteiger partial charge in [0, 0.05) is 27.4 Å². The van der Waals surface area contributed by atoms with Gasteiger partial charge in [0.25, 0.3) is 5.91 Å². The molecule has 0 unspecified atom stereocenters. The summed E-state index contributed by atoms with van der Waals surface area (Å²) in [6.45, 7) is 1.92. The Labute approximate surface area is 166 Å². The van der Waals surface area contributed by atoms with Crippen LogP contribution < -0.4 is 5.32 Å². The summed E-state index contributed by atoms with van der Waals surface area (Å²) in [5.41, 5.74) is 2.26. The Balaban J connectivity index is 1.83. The third kappa shape index (κ3) is 4.79. The van der Waals surface area contributed by atoms with Gasteiger partial charge >= 0.3 is 0 Å². The fraction of sp³-hybridized carbons (Fsp3) is 0.0476. The monoisotopic (exact) mass is 396 g/mol. The van der Waals surface area contributed by atoms with Crippen molar-refractivity contribution in [2.75, 3.05) is 5.32 Å².